The van der Waals surface area contributed by atoms with E-state index in [4.69, 9.17) is 23.2 Å². The van der Waals surface area contributed by atoms with E-state index in [1.807, 2.05) is 6.92 Å². The Morgan fingerprint density at radius 1 is 1.08 bits per heavy atom. The van der Waals surface area contributed by atoms with Crippen molar-refractivity contribution in [2.75, 3.05) is 5.32 Å². The van der Waals surface area contributed by atoms with Gasteiger partial charge in [0, 0.05) is 22.3 Å². The van der Waals surface area contributed by atoms with Gasteiger partial charge in [-0.1, -0.05) is 29.3 Å². The lowest BCUT2D eigenvalue weighted by molar-refractivity contribution is 0.102. The smallest absolute Gasteiger partial charge is 0.255 e. The first-order valence-corrected chi connectivity index (χ1v) is 9.89. The van der Waals surface area contributed by atoms with Crippen LogP contribution in [0.5, 0.6) is 0 Å². The Labute approximate surface area is 156 Å². The predicted octanol–water partition coefficient (Wildman–Crippen LogP) is 3.99. The van der Waals surface area contributed by atoms with E-state index in [0.29, 0.717) is 10.7 Å². The van der Waals surface area contributed by atoms with Crippen molar-refractivity contribution in [1.29, 1.82) is 0 Å². The van der Waals surface area contributed by atoms with Crippen LogP contribution in [0.25, 0.3) is 0 Å². The van der Waals surface area contributed by atoms with Crippen molar-refractivity contribution in [3.8, 4) is 0 Å². The first kappa shape index (κ1) is 18.2. The molecule has 1 amide bonds. The van der Waals surface area contributed by atoms with Crippen molar-refractivity contribution in [2.45, 2.75) is 30.7 Å². The van der Waals surface area contributed by atoms with Gasteiger partial charge >= 0.3 is 0 Å². The Kier molecular flexibility index (Phi) is 5.06. The molecule has 0 heterocycles. The zero-order valence-corrected chi connectivity index (χ0v) is 15.7. The summed E-state index contributed by atoms with van der Waals surface area (Å²) >= 11 is 12.1. The fourth-order valence-corrected chi connectivity index (χ4v) is 4.22. The molecule has 0 aromatic heterocycles. The molecular weight excluding hydrogens is 383 g/mol. The van der Waals surface area contributed by atoms with E-state index in [0.717, 1.165) is 18.4 Å². The molecule has 132 valence electrons. The van der Waals surface area contributed by atoms with Crippen LogP contribution in [0.15, 0.2) is 41.3 Å². The van der Waals surface area contributed by atoms with Gasteiger partial charge in [0.25, 0.3) is 5.91 Å². The summed E-state index contributed by atoms with van der Waals surface area (Å²) < 4.78 is 27.3. The fraction of sp³-hybridized carbons (Fsp3) is 0.235. The average molecular weight is 399 g/mol. The van der Waals surface area contributed by atoms with Gasteiger partial charge in [-0.15, -0.1) is 0 Å². The van der Waals surface area contributed by atoms with Crippen LogP contribution in [0, 0.1) is 6.92 Å². The molecule has 5 nitrogen and oxygen atoms in total. The van der Waals surface area contributed by atoms with Gasteiger partial charge in [-0.25, -0.2) is 13.1 Å². The number of anilines is 1. The van der Waals surface area contributed by atoms with Crippen LogP contribution >= 0.6 is 23.2 Å². The summed E-state index contributed by atoms with van der Waals surface area (Å²) in [5, 5.41) is 3.30. The van der Waals surface area contributed by atoms with Crippen molar-refractivity contribution in [3.05, 3.63) is 57.6 Å². The Bertz CT molecular complexity index is 941. The maximum absolute atomic E-state index is 12.4. The number of rotatable bonds is 5. The first-order chi connectivity index (χ1) is 11.8. The van der Waals surface area contributed by atoms with Crippen LogP contribution in [0.2, 0.25) is 10.0 Å². The third-order valence-electron chi connectivity index (χ3n) is 3.81. The summed E-state index contributed by atoms with van der Waals surface area (Å²) in [7, 11) is -3.75. The molecule has 1 saturated carbocycles. The minimum absolute atomic E-state index is 0.0479. The highest BCUT2D eigenvalue weighted by molar-refractivity contribution is 7.89. The molecule has 1 aliphatic carbocycles. The lowest BCUT2D eigenvalue weighted by atomic mass is 10.2. The van der Waals surface area contributed by atoms with Crippen molar-refractivity contribution in [1.82, 2.24) is 4.72 Å². The Balaban J connectivity index is 1.85. The molecule has 8 heteroatoms. The summed E-state index contributed by atoms with van der Waals surface area (Å²) in [6.07, 6.45) is 1.62. The molecule has 0 bridgehead atoms. The van der Waals surface area contributed by atoms with Gasteiger partial charge in [0.15, 0.2) is 0 Å². The van der Waals surface area contributed by atoms with E-state index in [1.165, 1.54) is 18.2 Å². The van der Waals surface area contributed by atoms with E-state index < -0.39 is 15.9 Å². The summed E-state index contributed by atoms with van der Waals surface area (Å²) in [6, 6.07) is 9.25. The van der Waals surface area contributed by atoms with Crippen LogP contribution in [0.1, 0.15) is 28.8 Å². The van der Waals surface area contributed by atoms with Gasteiger partial charge in [0.1, 0.15) is 4.90 Å². The summed E-state index contributed by atoms with van der Waals surface area (Å²) in [4.78, 5) is 12.3. The number of hydrogen-bond donors (Lipinski definition) is 2. The molecule has 0 spiro atoms. The Morgan fingerprint density at radius 2 is 1.80 bits per heavy atom. The van der Waals surface area contributed by atoms with Crippen LogP contribution < -0.4 is 10.0 Å². The van der Waals surface area contributed by atoms with Crippen LogP contribution in [-0.2, 0) is 10.0 Å². The largest absolute Gasteiger partial charge is 0.322 e. The number of nitrogens with one attached hydrogen (secondary N) is 2. The maximum atomic E-state index is 12.4. The number of carbonyl (C=O) groups excluding carboxylic acids is 1. The standard InChI is InChI=1S/C17H16Cl2N2O3S/c1-10-2-4-13(9-15(10)19)20-17(22)11-3-7-14(18)16(8-11)25(23,24)21-12-5-6-12/h2-4,7-9,12,21H,5-6H2,1H3,(H,20,22). The monoisotopic (exact) mass is 398 g/mol. The van der Waals surface area contributed by atoms with Gasteiger partial charge in [0.05, 0.1) is 5.02 Å². The lowest BCUT2D eigenvalue weighted by Gasteiger charge is -2.11. The molecular formula is C17H16Cl2N2O3S. The number of halogens is 2. The van der Waals surface area contributed by atoms with Gasteiger partial charge in [-0.3, -0.25) is 4.79 Å². The molecule has 0 radical (unpaired) electrons. The molecule has 1 fully saturated rings. The van der Waals surface area contributed by atoms with E-state index in [2.05, 4.69) is 10.0 Å². The fourth-order valence-electron chi connectivity index (χ4n) is 2.21. The number of carbonyl (C=O) groups is 1. The second-order valence-corrected chi connectivity index (χ2v) is 8.46. The molecule has 2 aromatic carbocycles. The van der Waals surface area contributed by atoms with Crippen molar-refractivity contribution in [3.63, 3.8) is 0 Å². The van der Waals surface area contributed by atoms with Crippen molar-refractivity contribution in [2.24, 2.45) is 0 Å². The highest BCUT2D eigenvalue weighted by atomic mass is 35.5. The SMILES string of the molecule is Cc1ccc(NC(=O)c2ccc(Cl)c(S(=O)(=O)NC3CC3)c2)cc1Cl. The molecule has 0 unspecified atom stereocenters. The van der Waals surface area contributed by atoms with Crippen LogP contribution in [0.3, 0.4) is 0 Å². The van der Waals surface area contributed by atoms with Crippen molar-refractivity contribution >= 4 is 44.8 Å². The molecule has 1 aliphatic rings. The summed E-state index contributed by atoms with van der Waals surface area (Å²) in [5.41, 5.74) is 1.61. The Hall–Kier alpha value is -1.60. The maximum Gasteiger partial charge on any atom is 0.255 e. The van der Waals surface area contributed by atoms with Gasteiger partial charge in [0.2, 0.25) is 10.0 Å². The van der Waals surface area contributed by atoms with Crippen LogP contribution in [0.4, 0.5) is 5.69 Å². The second kappa shape index (κ2) is 6.96. The van der Waals surface area contributed by atoms with Gasteiger partial charge < -0.3 is 5.32 Å². The minimum atomic E-state index is -3.75. The molecule has 0 atom stereocenters. The molecule has 2 aromatic rings. The number of amides is 1. The highest BCUT2D eigenvalue weighted by Gasteiger charge is 2.29. The average Bonchev–Trinajstić information content (AvgIpc) is 3.34. The third-order valence-corrected chi connectivity index (χ3v) is 6.22. The van der Waals surface area contributed by atoms with Gasteiger partial charge in [-0.05, 0) is 55.7 Å². The zero-order chi connectivity index (χ0) is 18.2. The molecule has 0 aliphatic heterocycles. The second-order valence-electron chi connectivity index (χ2n) is 5.96. The van der Waals surface area contributed by atoms with E-state index in [1.54, 1.807) is 18.2 Å². The Morgan fingerprint density at radius 3 is 2.44 bits per heavy atom. The summed E-state index contributed by atoms with van der Waals surface area (Å²) in [6.45, 7) is 1.86. The van der Waals surface area contributed by atoms with Crippen molar-refractivity contribution < 1.29 is 13.2 Å². The number of hydrogen-bond acceptors (Lipinski definition) is 3. The summed E-state index contributed by atoms with van der Waals surface area (Å²) in [5.74, 6) is -0.445. The third kappa shape index (κ3) is 4.33. The molecule has 3 rings (SSSR count). The van der Waals surface area contributed by atoms with E-state index >= 15 is 0 Å². The zero-order valence-electron chi connectivity index (χ0n) is 13.3. The molecule has 25 heavy (non-hydrogen) atoms. The number of sulfonamides is 1. The number of aryl methyl sites for hydroxylation is 1. The predicted molar refractivity (Wildman–Crippen MR) is 98.9 cm³/mol. The normalized spacial score (nSPS) is 14.4. The van der Waals surface area contributed by atoms with Crippen LogP contribution in [-0.4, -0.2) is 20.4 Å². The van der Waals surface area contributed by atoms with E-state index in [9.17, 15) is 13.2 Å². The van der Waals surface area contributed by atoms with E-state index in [-0.39, 0.29) is 21.5 Å². The molecule has 0 saturated heterocycles. The first-order valence-electron chi connectivity index (χ1n) is 7.65. The lowest BCUT2D eigenvalue weighted by Crippen LogP contribution is -2.26. The highest BCUT2D eigenvalue weighted by Crippen LogP contribution is 2.27. The van der Waals surface area contributed by atoms with Gasteiger partial charge in [-0.2, -0.15) is 0 Å². The molecule has 2 N–H and O–H groups in total. The quantitative estimate of drug-likeness (QED) is 0.798. The number of benzene rings is 2. The topological polar surface area (TPSA) is 75.3 Å². The minimum Gasteiger partial charge on any atom is -0.322 e.